The third-order valence-electron chi connectivity index (χ3n) is 3.63. The van der Waals surface area contributed by atoms with E-state index in [4.69, 9.17) is 4.74 Å². The van der Waals surface area contributed by atoms with Gasteiger partial charge >= 0.3 is 0 Å². The van der Waals surface area contributed by atoms with Gasteiger partial charge in [0.15, 0.2) is 0 Å². The van der Waals surface area contributed by atoms with Gasteiger partial charge in [0.25, 0.3) is 0 Å². The van der Waals surface area contributed by atoms with E-state index in [0.29, 0.717) is 6.61 Å². The maximum Gasteiger partial charge on any atom is 0.125 e. The molecule has 0 saturated heterocycles. The zero-order valence-electron chi connectivity index (χ0n) is 12.7. The molecule has 2 aromatic carbocycles. The third kappa shape index (κ3) is 3.40. The highest BCUT2D eigenvalue weighted by atomic mass is 16.5. The van der Waals surface area contributed by atoms with Crippen molar-refractivity contribution in [2.24, 2.45) is 0 Å². The quantitative estimate of drug-likeness (QED) is 0.887. The molecule has 2 nitrogen and oxygen atoms in total. The normalized spacial score (nSPS) is 12.2. The summed E-state index contributed by atoms with van der Waals surface area (Å²) in [6, 6.07) is 15.0. The fourth-order valence-electron chi connectivity index (χ4n) is 2.34. The Balaban J connectivity index is 2.09. The molecule has 0 fully saturated rings. The van der Waals surface area contributed by atoms with E-state index in [-0.39, 0.29) is 6.04 Å². The first kappa shape index (κ1) is 14.6. The molecule has 0 aliphatic heterocycles. The SMILES string of the molecule is CNC(COc1c(C)cccc1C)c1ccc(C)cc1. The van der Waals surface area contributed by atoms with Gasteiger partial charge in [-0.1, -0.05) is 48.0 Å². The van der Waals surface area contributed by atoms with Crippen molar-refractivity contribution in [2.45, 2.75) is 26.8 Å². The number of rotatable bonds is 5. The van der Waals surface area contributed by atoms with E-state index >= 15 is 0 Å². The number of benzene rings is 2. The van der Waals surface area contributed by atoms with Crippen LogP contribution in [0.4, 0.5) is 0 Å². The fourth-order valence-corrected chi connectivity index (χ4v) is 2.34. The van der Waals surface area contributed by atoms with Crippen LogP contribution in [0.1, 0.15) is 28.3 Å². The van der Waals surface area contributed by atoms with Crippen molar-refractivity contribution in [3.63, 3.8) is 0 Å². The van der Waals surface area contributed by atoms with Gasteiger partial charge < -0.3 is 10.1 Å². The van der Waals surface area contributed by atoms with Gasteiger partial charge in [0.1, 0.15) is 12.4 Å². The van der Waals surface area contributed by atoms with Crippen LogP contribution in [0.5, 0.6) is 5.75 Å². The number of hydrogen-bond acceptors (Lipinski definition) is 2. The molecule has 0 heterocycles. The molecule has 106 valence electrons. The molecule has 0 aliphatic rings. The summed E-state index contributed by atoms with van der Waals surface area (Å²) in [6.45, 7) is 6.90. The summed E-state index contributed by atoms with van der Waals surface area (Å²) in [5.74, 6) is 1.000. The Bertz CT molecular complexity index is 540. The molecule has 2 heteroatoms. The van der Waals surface area contributed by atoms with Crippen molar-refractivity contribution in [1.29, 1.82) is 0 Å². The van der Waals surface area contributed by atoms with Crippen molar-refractivity contribution in [3.05, 3.63) is 64.7 Å². The van der Waals surface area contributed by atoms with E-state index in [1.807, 2.05) is 7.05 Å². The second kappa shape index (κ2) is 6.58. The van der Waals surface area contributed by atoms with Crippen LogP contribution in [-0.4, -0.2) is 13.7 Å². The first-order valence-electron chi connectivity index (χ1n) is 7.04. The molecule has 1 N–H and O–H groups in total. The molecule has 0 bridgehead atoms. The van der Waals surface area contributed by atoms with E-state index in [1.54, 1.807) is 0 Å². The van der Waals surface area contributed by atoms with Crippen molar-refractivity contribution in [3.8, 4) is 5.75 Å². The van der Waals surface area contributed by atoms with Crippen molar-refractivity contribution in [2.75, 3.05) is 13.7 Å². The Hall–Kier alpha value is -1.80. The van der Waals surface area contributed by atoms with Gasteiger partial charge in [0, 0.05) is 0 Å². The maximum absolute atomic E-state index is 6.04. The van der Waals surface area contributed by atoms with E-state index in [9.17, 15) is 0 Å². The molecule has 1 atom stereocenters. The van der Waals surface area contributed by atoms with Gasteiger partial charge in [-0.3, -0.25) is 0 Å². The maximum atomic E-state index is 6.04. The predicted molar refractivity (Wildman–Crippen MR) is 84.4 cm³/mol. The second-order valence-corrected chi connectivity index (χ2v) is 5.28. The molecular formula is C18H23NO. The molecule has 20 heavy (non-hydrogen) atoms. The lowest BCUT2D eigenvalue weighted by molar-refractivity contribution is 0.270. The largest absolute Gasteiger partial charge is 0.491 e. The summed E-state index contributed by atoms with van der Waals surface area (Å²) in [4.78, 5) is 0. The molecular weight excluding hydrogens is 246 g/mol. The zero-order chi connectivity index (χ0) is 14.5. The van der Waals surface area contributed by atoms with Crippen molar-refractivity contribution < 1.29 is 4.74 Å². The Morgan fingerprint density at radius 2 is 1.55 bits per heavy atom. The second-order valence-electron chi connectivity index (χ2n) is 5.28. The van der Waals surface area contributed by atoms with Gasteiger partial charge in [-0.25, -0.2) is 0 Å². The van der Waals surface area contributed by atoms with E-state index in [2.05, 4.69) is 68.6 Å². The predicted octanol–water partition coefficient (Wildman–Crippen LogP) is 3.95. The lowest BCUT2D eigenvalue weighted by Crippen LogP contribution is -2.23. The Kier molecular flexibility index (Phi) is 4.80. The van der Waals surface area contributed by atoms with Crippen LogP contribution in [0.3, 0.4) is 0 Å². The summed E-state index contributed by atoms with van der Waals surface area (Å²) in [5, 5.41) is 3.32. The Labute approximate surface area is 121 Å². The van der Waals surface area contributed by atoms with Crippen LogP contribution in [-0.2, 0) is 0 Å². The zero-order valence-corrected chi connectivity index (χ0v) is 12.7. The van der Waals surface area contributed by atoms with Gasteiger partial charge in [-0.2, -0.15) is 0 Å². The summed E-state index contributed by atoms with van der Waals surface area (Å²) < 4.78 is 6.04. The van der Waals surface area contributed by atoms with Crippen LogP contribution in [0.2, 0.25) is 0 Å². The molecule has 0 aromatic heterocycles. The summed E-state index contributed by atoms with van der Waals surface area (Å²) >= 11 is 0. The van der Waals surface area contributed by atoms with Crippen LogP contribution in [0.25, 0.3) is 0 Å². The number of aryl methyl sites for hydroxylation is 3. The summed E-state index contributed by atoms with van der Waals surface area (Å²) in [7, 11) is 1.97. The minimum Gasteiger partial charge on any atom is -0.491 e. The van der Waals surface area contributed by atoms with Crippen LogP contribution < -0.4 is 10.1 Å². The molecule has 0 spiro atoms. The highest BCUT2D eigenvalue weighted by molar-refractivity contribution is 5.39. The molecule has 1 unspecified atom stereocenters. The van der Waals surface area contributed by atoms with Crippen LogP contribution in [0, 0.1) is 20.8 Å². The number of nitrogens with one attached hydrogen (secondary N) is 1. The summed E-state index contributed by atoms with van der Waals surface area (Å²) in [6.07, 6.45) is 0. The highest BCUT2D eigenvalue weighted by Gasteiger charge is 2.11. The van der Waals surface area contributed by atoms with E-state index < -0.39 is 0 Å². The minimum absolute atomic E-state index is 0.203. The molecule has 0 amide bonds. The average molecular weight is 269 g/mol. The standard InChI is InChI=1S/C18H23NO/c1-13-8-10-16(11-9-13)17(19-4)12-20-18-14(2)6-5-7-15(18)3/h5-11,17,19H,12H2,1-4H3. The number of likely N-dealkylation sites (N-methyl/N-ethyl adjacent to an activating group) is 1. The summed E-state index contributed by atoms with van der Waals surface area (Å²) in [5.41, 5.74) is 4.90. The smallest absolute Gasteiger partial charge is 0.125 e. The van der Waals surface area contributed by atoms with E-state index in [0.717, 1.165) is 5.75 Å². The molecule has 0 saturated carbocycles. The van der Waals surface area contributed by atoms with Crippen molar-refractivity contribution >= 4 is 0 Å². The van der Waals surface area contributed by atoms with Crippen LogP contribution >= 0.6 is 0 Å². The first-order valence-corrected chi connectivity index (χ1v) is 7.04. The topological polar surface area (TPSA) is 21.3 Å². The van der Waals surface area contributed by atoms with Gasteiger partial charge in [-0.15, -0.1) is 0 Å². The lowest BCUT2D eigenvalue weighted by Gasteiger charge is -2.19. The fraction of sp³-hybridized carbons (Fsp3) is 0.333. The Morgan fingerprint density at radius 3 is 2.10 bits per heavy atom. The van der Waals surface area contributed by atoms with Gasteiger partial charge in [-0.05, 0) is 44.5 Å². The van der Waals surface area contributed by atoms with Gasteiger partial charge in [0.05, 0.1) is 6.04 Å². The molecule has 2 aromatic rings. The minimum atomic E-state index is 0.203. The van der Waals surface area contributed by atoms with Crippen molar-refractivity contribution in [1.82, 2.24) is 5.32 Å². The number of hydrogen-bond donors (Lipinski definition) is 1. The number of ether oxygens (including phenoxy) is 1. The Morgan fingerprint density at radius 1 is 0.950 bits per heavy atom. The highest BCUT2D eigenvalue weighted by Crippen LogP contribution is 2.24. The first-order chi connectivity index (χ1) is 9.61. The molecule has 0 aliphatic carbocycles. The van der Waals surface area contributed by atoms with Gasteiger partial charge in [0.2, 0.25) is 0 Å². The molecule has 2 rings (SSSR count). The third-order valence-corrected chi connectivity index (χ3v) is 3.63. The monoisotopic (exact) mass is 269 g/mol. The lowest BCUT2D eigenvalue weighted by atomic mass is 10.1. The van der Waals surface area contributed by atoms with Crippen LogP contribution in [0.15, 0.2) is 42.5 Å². The average Bonchev–Trinajstić information content (AvgIpc) is 2.44. The van der Waals surface area contributed by atoms with E-state index in [1.165, 1.54) is 22.3 Å². The number of para-hydroxylation sites is 1. The molecule has 0 radical (unpaired) electrons.